The van der Waals surface area contributed by atoms with Gasteiger partial charge in [0.2, 0.25) is 5.56 Å². The average Bonchev–Trinajstić information content (AvgIpc) is 2.83. The summed E-state index contributed by atoms with van der Waals surface area (Å²) in [5.41, 5.74) is 11.8. The van der Waals surface area contributed by atoms with Crippen molar-refractivity contribution in [1.82, 2.24) is 4.57 Å². The topological polar surface area (TPSA) is 77.5 Å². The van der Waals surface area contributed by atoms with Crippen LogP contribution in [0.5, 0.6) is 0 Å². The van der Waals surface area contributed by atoms with Crippen molar-refractivity contribution in [3.63, 3.8) is 0 Å². The third-order valence-corrected chi connectivity index (χ3v) is 6.24. The molecule has 6 heteroatoms. The number of hydrogen-bond acceptors (Lipinski definition) is 4. The molecule has 1 aromatic heterocycles. The number of nitrogens with two attached hydrogens (primary N) is 1. The molecule has 2 N–H and O–H groups in total. The van der Waals surface area contributed by atoms with Gasteiger partial charge in [-0.1, -0.05) is 47.6 Å². The van der Waals surface area contributed by atoms with Crippen LogP contribution in [0.2, 0.25) is 0 Å². The molecule has 4 aromatic rings. The maximum absolute atomic E-state index is 13.8. The largest absolute Gasteiger partial charge is 0.399 e. The van der Waals surface area contributed by atoms with Gasteiger partial charge in [-0.3, -0.25) is 4.79 Å². The number of aryl methyl sites for hydroxylation is 2. The summed E-state index contributed by atoms with van der Waals surface area (Å²) >= 11 is 0. The zero-order chi connectivity index (χ0) is 24.2. The fourth-order valence-electron chi connectivity index (χ4n) is 4.33. The van der Waals surface area contributed by atoms with Crippen LogP contribution in [-0.2, 0) is 7.05 Å². The number of hydrogen-bond donors (Lipinski definition) is 1. The Morgan fingerprint density at radius 3 is 2.12 bits per heavy atom. The number of nitroso groups, excluding NO2 is 1. The van der Waals surface area contributed by atoms with E-state index in [-0.39, 0.29) is 17.3 Å². The van der Waals surface area contributed by atoms with E-state index in [9.17, 15) is 14.1 Å². The Bertz CT molecular complexity index is 1360. The molecular weight excluding hydrogens is 429 g/mol. The van der Waals surface area contributed by atoms with Gasteiger partial charge in [0, 0.05) is 30.9 Å². The summed E-state index contributed by atoms with van der Waals surface area (Å²) in [5.74, 6) is -0.497. The minimum Gasteiger partial charge on any atom is -0.399 e. The van der Waals surface area contributed by atoms with E-state index >= 15 is 0 Å². The lowest BCUT2D eigenvalue weighted by atomic mass is 9.82. The number of benzene rings is 3. The summed E-state index contributed by atoms with van der Waals surface area (Å²) in [6.07, 6.45) is 2.03. The first kappa shape index (κ1) is 23.1. The van der Waals surface area contributed by atoms with E-state index in [1.807, 2.05) is 55.5 Å². The SMILES string of the molecule is Cc1cc(F)ccc1C(CC(N=O)c1ccc(=O)n(C)c1)c1ccc(-c2ccc(N)cc2)cc1. The lowest BCUT2D eigenvalue weighted by Gasteiger charge is -2.23. The van der Waals surface area contributed by atoms with Crippen molar-refractivity contribution < 1.29 is 4.39 Å². The molecule has 172 valence electrons. The summed E-state index contributed by atoms with van der Waals surface area (Å²) in [6.45, 7) is 1.86. The van der Waals surface area contributed by atoms with Gasteiger partial charge < -0.3 is 10.3 Å². The first-order valence-electron chi connectivity index (χ1n) is 11.1. The predicted octanol–water partition coefficient (Wildman–Crippen LogP) is 6.11. The van der Waals surface area contributed by atoms with Crippen molar-refractivity contribution in [2.45, 2.75) is 25.3 Å². The Labute approximate surface area is 197 Å². The second-order valence-electron chi connectivity index (χ2n) is 8.57. The fourth-order valence-corrected chi connectivity index (χ4v) is 4.33. The highest BCUT2D eigenvalue weighted by atomic mass is 19.1. The van der Waals surface area contributed by atoms with Gasteiger partial charge in [0.15, 0.2) is 0 Å². The van der Waals surface area contributed by atoms with Crippen molar-refractivity contribution in [2.75, 3.05) is 5.73 Å². The third-order valence-electron chi connectivity index (χ3n) is 6.24. The quantitative estimate of drug-likeness (QED) is 0.270. The van der Waals surface area contributed by atoms with Crippen LogP contribution >= 0.6 is 0 Å². The smallest absolute Gasteiger partial charge is 0.250 e. The Balaban J connectivity index is 1.73. The van der Waals surface area contributed by atoms with E-state index in [0.29, 0.717) is 17.7 Å². The molecule has 0 fully saturated rings. The maximum Gasteiger partial charge on any atom is 0.250 e. The van der Waals surface area contributed by atoms with Gasteiger partial charge in [0.05, 0.1) is 0 Å². The highest BCUT2D eigenvalue weighted by Gasteiger charge is 2.24. The molecule has 0 bridgehead atoms. The van der Waals surface area contributed by atoms with E-state index < -0.39 is 6.04 Å². The molecule has 2 atom stereocenters. The van der Waals surface area contributed by atoms with Crippen molar-refractivity contribution in [2.24, 2.45) is 12.2 Å². The van der Waals surface area contributed by atoms with E-state index in [2.05, 4.69) is 5.18 Å². The number of pyridine rings is 1. The zero-order valence-corrected chi connectivity index (χ0v) is 19.1. The summed E-state index contributed by atoms with van der Waals surface area (Å²) in [7, 11) is 1.64. The normalized spacial score (nSPS) is 12.8. The molecule has 4 rings (SSSR count). The van der Waals surface area contributed by atoms with Crippen LogP contribution in [-0.4, -0.2) is 4.57 Å². The Hall–Kier alpha value is -4.06. The van der Waals surface area contributed by atoms with Crippen LogP contribution in [0.25, 0.3) is 11.1 Å². The van der Waals surface area contributed by atoms with Gasteiger partial charge in [-0.15, -0.1) is 0 Å². The molecule has 0 aliphatic rings. The minimum atomic E-state index is -0.668. The van der Waals surface area contributed by atoms with Crippen LogP contribution in [0.15, 0.2) is 95.0 Å². The number of anilines is 1. The van der Waals surface area contributed by atoms with Gasteiger partial charge in [-0.25, -0.2) is 4.39 Å². The summed E-state index contributed by atoms with van der Waals surface area (Å²) in [4.78, 5) is 23.7. The molecule has 0 aliphatic heterocycles. The highest BCUT2D eigenvalue weighted by molar-refractivity contribution is 5.66. The maximum atomic E-state index is 13.8. The van der Waals surface area contributed by atoms with Crippen molar-refractivity contribution in [3.05, 3.63) is 128 Å². The second-order valence-corrected chi connectivity index (χ2v) is 8.57. The average molecular weight is 456 g/mol. The van der Waals surface area contributed by atoms with E-state index in [1.54, 1.807) is 25.4 Å². The predicted molar refractivity (Wildman–Crippen MR) is 134 cm³/mol. The van der Waals surface area contributed by atoms with Gasteiger partial charge >= 0.3 is 0 Å². The molecule has 1 heterocycles. The van der Waals surface area contributed by atoms with Gasteiger partial charge in [0.25, 0.3) is 0 Å². The van der Waals surface area contributed by atoms with Gasteiger partial charge in [0.1, 0.15) is 11.9 Å². The first-order chi connectivity index (χ1) is 16.4. The van der Waals surface area contributed by atoms with Crippen LogP contribution < -0.4 is 11.3 Å². The Morgan fingerprint density at radius 1 is 0.912 bits per heavy atom. The lowest BCUT2D eigenvalue weighted by molar-refractivity contribution is 0.583. The van der Waals surface area contributed by atoms with E-state index in [4.69, 9.17) is 5.73 Å². The number of nitrogens with zero attached hydrogens (tertiary/aromatic N) is 2. The van der Waals surface area contributed by atoms with Crippen molar-refractivity contribution in [1.29, 1.82) is 0 Å². The molecule has 2 unspecified atom stereocenters. The summed E-state index contributed by atoms with van der Waals surface area (Å²) in [6, 6.07) is 22.9. The van der Waals surface area contributed by atoms with Crippen LogP contribution in [0, 0.1) is 17.6 Å². The number of rotatable bonds is 7. The molecule has 0 amide bonds. The zero-order valence-electron chi connectivity index (χ0n) is 19.1. The van der Waals surface area contributed by atoms with Crippen LogP contribution in [0.4, 0.5) is 10.1 Å². The second kappa shape index (κ2) is 9.83. The Morgan fingerprint density at radius 2 is 1.53 bits per heavy atom. The van der Waals surface area contributed by atoms with Crippen molar-refractivity contribution >= 4 is 5.69 Å². The number of halogens is 1. The molecule has 3 aromatic carbocycles. The Kier molecular flexibility index (Phi) is 6.68. The molecule has 0 spiro atoms. The summed E-state index contributed by atoms with van der Waals surface area (Å²) in [5, 5.41) is 3.39. The van der Waals surface area contributed by atoms with Crippen LogP contribution in [0.1, 0.15) is 40.6 Å². The molecule has 0 saturated heterocycles. The molecular formula is C28H26FN3O2. The number of aromatic nitrogens is 1. The van der Waals surface area contributed by atoms with Gasteiger partial charge in [-0.2, -0.15) is 4.91 Å². The van der Waals surface area contributed by atoms with Crippen LogP contribution in [0.3, 0.4) is 0 Å². The lowest BCUT2D eigenvalue weighted by Crippen LogP contribution is -2.16. The van der Waals surface area contributed by atoms with Gasteiger partial charge in [-0.05, 0) is 77.1 Å². The molecule has 0 aliphatic carbocycles. The first-order valence-corrected chi connectivity index (χ1v) is 11.1. The summed E-state index contributed by atoms with van der Waals surface area (Å²) < 4.78 is 15.3. The molecule has 0 radical (unpaired) electrons. The number of nitrogen functional groups attached to an aromatic ring is 1. The molecule has 0 saturated carbocycles. The highest BCUT2D eigenvalue weighted by Crippen LogP contribution is 2.38. The van der Waals surface area contributed by atoms with Crippen molar-refractivity contribution in [3.8, 4) is 11.1 Å². The fraction of sp³-hybridized carbons (Fsp3) is 0.179. The standard InChI is InChI=1S/C28H26FN3O2/c1-18-15-23(29)10-13-25(18)26(16-27(31-34)22-9-14-28(33)32(2)17-22)21-5-3-19(4-6-21)20-7-11-24(30)12-8-20/h3-15,17,26-27H,16,30H2,1-2H3. The van der Waals surface area contributed by atoms with E-state index in [1.165, 1.54) is 22.8 Å². The van der Waals surface area contributed by atoms with E-state index in [0.717, 1.165) is 27.8 Å². The monoisotopic (exact) mass is 455 g/mol. The molecule has 34 heavy (non-hydrogen) atoms. The minimum absolute atomic E-state index is 0.155. The molecule has 5 nitrogen and oxygen atoms in total. The third kappa shape index (κ3) is 4.96.